The fourth-order valence-corrected chi connectivity index (χ4v) is 4.17. The Balaban J connectivity index is 2.13. The first-order valence-electron chi connectivity index (χ1n) is 8.06. The second kappa shape index (κ2) is 8.91. The number of halogens is 3. The van der Waals surface area contributed by atoms with E-state index in [0.29, 0.717) is 11.4 Å². The molecule has 2 aromatic rings. The summed E-state index contributed by atoms with van der Waals surface area (Å²) in [6.45, 7) is 1.74. The smallest absolute Gasteiger partial charge is 0.243 e. The van der Waals surface area contributed by atoms with Crippen LogP contribution in [-0.2, 0) is 21.2 Å². The summed E-state index contributed by atoms with van der Waals surface area (Å²) >= 11 is 12.1. The van der Waals surface area contributed by atoms with Crippen LogP contribution in [0.15, 0.2) is 42.5 Å². The van der Waals surface area contributed by atoms with Gasteiger partial charge in [-0.2, -0.15) is 0 Å². The lowest BCUT2D eigenvalue weighted by atomic mass is 10.1. The van der Waals surface area contributed by atoms with Crippen LogP contribution in [0.2, 0.25) is 10.0 Å². The zero-order chi connectivity index (χ0) is 20.2. The van der Waals surface area contributed by atoms with Crippen LogP contribution in [-0.4, -0.2) is 33.2 Å². The highest BCUT2D eigenvalue weighted by atomic mass is 35.5. The zero-order valence-corrected chi connectivity index (χ0v) is 17.1. The van der Waals surface area contributed by atoms with Crippen LogP contribution < -0.4 is 9.62 Å². The van der Waals surface area contributed by atoms with Crippen LogP contribution in [0.4, 0.5) is 10.1 Å². The number of amides is 1. The van der Waals surface area contributed by atoms with Crippen LogP contribution in [0, 0.1) is 5.82 Å². The van der Waals surface area contributed by atoms with Crippen LogP contribution >= 0.6 is 23.2 Å². The maximum Gasteiger partial charge on any atom is 0.243 e. The molecular weight excluding hydrogens is 414 g/mol. The number of anilines is 1. The average molecular weight is 433 g/mol. The van der Waals surface area contributed by atoms with Crippen molar-refractivity contribution >= 4 is 44.8 Å². The van der Waals surface area contributed by atoms with Gasteiger partial charge in [-0.15, -0.1) is 0 Å². The molecule has 2 rings (SSSR count). The number of nitrogens with one attached hydrogen (secondary N) is 1. The molecule has 0 saturated heterocycles. The molecule has 0 unspecified atom stereocenters. The van der Waals surface area contributed by atoms with E-state index in [1.807, 2.05) is 0 Å². The average Bonchev–Trinajstić information content (AvgIpc) is 2.58. The van der Waals surface area contributed by atoms with Gasteiger partial charge in [0.25, 0.3) is 0 Å². The van der Waals surface area contributed by atoms with Gasteiger partial charge in [0, 0.05) is 11.6 Å². The summed E-state index contributed by atoms with van der Waals surface area (Å²) in [5, 5.41) is 3.15. The fraction of sp³-hybridized carbons (Fsp3) is 0.278. The third-order valence-corrected chi connectivity index (χ3v) is 5.64. The summed E-state index contributed by atoms with van der Waals surface area (Å²) in [5.41, 5.74) is 0.982. The lowest BCUT2D eigenvalue weighted by molar-refractivity contribution is -0.121. The molecular formula is C18H19Cl2FN2O3S. The van der Waals surface area contributed by atoms with Crippen molar-refractivity contribution < 1.29 is 17.6 Å². The number of rotatable bonds is 7. The van der Waals surface area contributed by atoms with Gasteiger partial charge in [-0.3, -0.25) is 9.10 Å². The van der Waals surface area contributed by atoms with Gasteiger partial charge < -0.3 is 5.32 Å². The van der Waals surface area contributed by atoms with Gasteiger partial charge in [-0.25, -0.2) is 12.8 Å². The Labute approximate surface area is 168 Å². The van der Waals surface area contributed by atoms with E-state index in [1.54, 1.807) is 12.1 Å². The molecule has 27 heavy (non-hydrogen) atoms. The topological polar surface area (TPSA) is 66.5 Å². The quantitative estimate of drug-likeness (QED) is 0.725. The number of benzene rings is 2. The highest BCUT2D eigenvalue weighted by Gasteiger charge is 2.30. The van der Waals surface area contributed by atoms with E-state index in [1.165, 1.54) is 37.3 Å². The van der Waals surface area contributed by atoms with Crippen molar-refractivity contribution in [3.8, 4) is 0 Å². The normalized spacial score (nSPS) is 12.5. The summed E-state index contributed by atoms with van der Waals surface area (Å²) in [4.78, 5) is 12.5. The van der Waals surface area contributed by atoms with Crippen LogP contribution in [0.25, 0.3) is 0 Å². The summed E-state index contributed by atoms with van der Waals surface area (Å²) in [6, 6.07) is 9.28. The SMILES string of the molecule is C[C@@H](C(=O)NCCc1ccc(F)cc1)N(c1cc(Cl)ccc1Cl)S(C)(=O)=O. The van der Waals surface area contributed by atoms with Crippen molar-refractivity contribution in [3.63, 3.8) is 0 Å². The van der Waals surface area contributed by atoms with Crippen molar-refractivity contribution in [1.29, 1.82) is 0 Å². The second-order valence-electron chi connectivity index (χ2n) is 6.00. The molecule has 9 heteroatoms. The molecule has 0 fully saturated rings. The molecule has 0 aliphatic heterocycles. The minimum Gasteiger partial charge on any atom is -0.354 e. The molecule has 0 aromatic heterocycles. The standard InChI is InChI=1S/C18H19Cl2FN2O3S/c1-12(18(24)22-10-9-13-3-6-15(21)7-4-13)23(27(2,25)26)17-11-14(19)5-8-16(17)20/h3-8,11-12H,9-10H2,1-2H3,(H,22,24)/t12-/m0/s1. The van der Waals surface area contributed by atoms with Crippen LogP contribution in [0.5, 0.6) is 0 Å². The van der Waals surface area contributed by atoms with Crippen molar-refractivity contribution in [2.75, 3.05) is 17.1 Å². The van der Waals surface area contributed by atoms with E-state index in [-0.39, 0.29) is 23.1 Å². The number of nitrogens with zero attached hydrogens (tertiary/aromatic N) is 1. The molecule has 0 aliphatic carbocycles. The lowest BCUT2D eigenvalue weighted by Crippen LogP contribution is -2.48. The van der Waals surface area contributed by atoms with Crippen LogP contribution in [0.3, 0.4) is 0 Å². The summed E-state index contributed by atoms with van der Waals surface area (Å²) in [5.74, 6) is -0.822. The molecule has 1 N–H and O–H groups in total. The van der Waals surface area contributed by atoms with Gasteiger partial charge in [0.05, 0.1) is 17.0 Å². The van der Waals surface area contributed by atoms with E-state index in [9.17, 15) is 17.6 Å². The van der Waals surface area contributed by atoms with Crippen LogP contribution in [0.1, 0.15) is 12.5 Å². The van der Waals surface area contributed by atoms with Crippen molar-refractivity contribution in [2.45, 2.75) is 19.4 Å². The van der Waals surface area contributed by atoms with E-state index in [4.69, 9.17) is 23.2 Å². The van der Waals surface area contributed by atoms with Gasteiger partial charge >= 0.3 is 0 Å². The number of carbonyl (C=O) groups excluding carboxylic acids is 1. The molecule has 1 amide bonds. The predicted molar refractivity (Wildman–Crippen MR) is 106 cm³/mol. The first kappa shape index (κ1) is 21.5. The van der Waals surface area contributed by atoms with E-state index in [0.717, 1.165) is 16.1 Å². The fourth-order valence-electron chi connectivity index (χ4n) is 2.56. The first-order chi connectivity index (χ1) is 12.6. The Morgan fingerprint density at radius 2 is 1.81 bits per heavy atom. The monoisotopic (exact) mass is 432 g/mol. The molecule has 0 heterocycles. The largest absolute Gasteiger partial charge is 0.354 e. The maximum absolute atomic E-state index is 12.9. The molecule has 0 radical (unpaired) electrons. The summed E-state index contributed by atoms with van der Waals surface area (Å²) in [7, 11) is -3.80. The minimum absolute atomic E-state index is 0.132. The molecule has 0 spiro atoms. The molecule has 5 nitrogen and oxygen atoms in total. The molecule has 146 valence electrons. The van der Waals surface area contributed by atoms with E-state index in [2.05, 4.69) is 5.32 Å². The van der Waals surface area contributed by atoms with E-state index < -0.39 is 22.0 Å². The maximum atomic E-state index is 12.9. The number of carbonyl (C=O) groups is 1. The number of hydrogen-bond donors (Lipinski definition) is 1. The van der Waals surface area contributed by atoms with Crippen molar-refractivity contribution in [3.05, 3.63) is 63.9 Å². The zero-order valence-electron chi connectivity index (χ0n) is 14.7. The number of sulfonamides is 1. The first-order valence-corrected chi connectivity index (χ1v) is 10.7. The molecule has 0 bridgehead atoms. The van der Waals surface area contributed by atoms with Gasteiger partial charge in [0.15, 0.2) is 0 Å². The summed E-state index contributed by atoms with van der Waals surface area (Å²) < 4.78 is 38.4. The predicted octanol–water partition coefficient (Wildman–Crippen LogP) is 3.65. The molecule has 0 aliphatic rings. The van der Waals surface area contributed by atoms with Crippen molar-refractivity contribution in [1.82, 2.24) is 5.32 Å². The molecule has 1 atom stereocenters. The minimum atomic E-state index is -3.80. The molecule has 0 saturated carbocycles. The highest BCUT2D eigenvalue weighted by Crippen LogP contribution is 2.32. The lowest BCUT2D eigenvalue weighted by Gasteiger charge is -2.29. The Morgan fingerprint density at radius 1 is 1.19 bits per heavy atom. The number of hydrogen-bond acceptors (Lipinski definition) is 3. The van der Waals surface area contributed by atoms with Gasteiger partial charge in [0.2, 0.25) is 15.9 Å². The Morgan fingerprint density at radius 3 is 2.41 bits per heavy atom. The second-order valence-corrected chi connectivity index (χ2v) is 8.70. The van der Waals surface area contributed by atoms with E-state index >= 15 is 0 Å². The molecule has 2 aromatic carbocycles. The van der Waals surface area contributed by atoms with Gasteiger partial charge in [-0.1, -0.05) is 35.3 Å². The Bertz CT molecular complexity index is 921. The van der Waals surface area contributed by atoms with Gasteiger partial charge in [-0.05, 0) is 49.2 Å². The third-order valence-electron chi connectivity index (χ3n) is 3.86. The third kappa shape index (κ3) is 5.82. The Hall–Kier alpha value is -1.83. The van der Waals surface area contributed by atoms with Gasteiger partial charge in [0.1, 0.15) is 11.9 Å². The summed E-state index contributed by atoms with van der Waals surface area (Å²) in [6.07, 6.45) is 1.47. The van der Waals surface area contributed by atoms with Crippen molar-refractivity contribution in [2.24, 2.45) is 0 Å². The Kier molecular flexibility index (Phi) is 7.08. The highest BCUT2D eigenvalue weighted by molar-refractivity contribution is 7.92.